The van der Waals surface area contributed by atoms with Crippen LogP contribution in [0.3, 0.4) is 0 Å². The molecule has 0 atom stereocenters. The van der Waals surface area contributed by atoms with Crippen molar-refractivity contribution in [2.45, 2.75) is 12.7 Å². The zero-order valence-electron chi connectivity index (χ0n) is 10.8. The number of nitrogens with one attached hydrogen (secondary N) is 1. The minimum atomic E-state index is -3.73. The van der Waals surface area contributed by atoms with Crippen molar-refractivity contribution in [2.24, 2.45) is 0 Å². The summed E-state index contributed by atoms with van der Waals surface area (Å²) in [6.45, 7) is 1.62. The quantitative estimate of drug-likeness (QED) is 0.700. The number of hydrogen-bond acceptors (Lipinski definition) is 5. The fourth-order valence-corrected chi connectivity index (χ4v) is 4.43. The number of aromatic carboxylic acids is 1. The fourth-order valence-electron chi connectivity index (χ4n) is 1.64. The number of halogens is 1. The predicted molar refractivity (Wildman–Crippen MR) is 89.2 cm³/mol. The van der Waals surface area contributed by atoms with Gasteiger partial charge >= 0.3 is 5.97 Å². The maximum atomic E-state index is 12.2. The van der Waals surface area contributed by atoms with Gasteiger partial charge in [0.2, 0.25) is 10.0 Å². The second-order valence-electron chi connectivity index (χ2n) is 4.17. The third-order valence-electron chi connectivity index (χ3n) is 2.48. The van der Waals surface area contributed by atoms with Gasteiger partial charge < -0.3 is 5.11 Å². The molecule has 0 fully saturated rings. The summed E-state index contributed by atoms with van der Waals surface area (Å²) in [4.78, 5) is 14.9. The van der Waals surface area contributed by atoms with E-state index < -0.39 is 16.0 Å². The maximum Gasteiger partial charge on any atom is 0.349 e. The second kappa shape index (κ2) is 6.28. The highest BCUT2D eigenvalue weighted by molar-refractivity contribution is 14.1. The monoisotopic (exact) mass is 438 g/mol. The summed E-state index contributed by atoms with van der Waals surface area (Å²) < 4.78 is 27.4. The lowest BCUT2D eigenvalue weighted by Crippen LogP contribution is -2.17. The molecule has 0 unspecified atom stereocenters. The number of sulfonamides is 1. The van der Waals surface area contributed by atoms with E-state index in [-0.39, 0.29) is 16.4 Å². The molecule has 0 bridgehead atoms. The Hall–Kier alpha value is -1.20. The molecular weight excluding hydrogens is 427 g/mol. The summed E-state index contributed by atoms with van der Waals surface area (Å²) in [7, 11) is -3.73. The molecule has 0 saturated carbocycles. The summed E-state index contributed by atoms with van der Waals surface area (Å²) in [5.74, 6) is -1.56. The number of aromatic nitrogens is 1. The molecule has 2 rings (SSSR count). The van der Waals surface area contributed by atoms with Crippen LogP contribution in [0, 0.1) is 10.5 Å². The Morgan fingerprint density at radius 2 is 2.10 bits per heavy atom. The van der Waals surface area contributed by atoms with Gasteiger partial charge in [0.15, 0.2) is 10.7 Å². The number of benzene rings is 1. The van der Waals surface area contributed by atoms with Crippen molar-refractivity contribution < 1.29 is 18.3 Å². The first-order valence-corrected chi connectivity index (χ1v) is 9.28. The van der Waals surface area contributed by atoms with Gasteiger partial charge in [-0.2, -0.15) is 0 Å². The summed E-state index contributed by atoms with van der Waals surface area (Å²) >= 11 is 2.99. The van der Waals surface area contributed by atoms with Crippen molar-refractivity contribution in [3.8, 4) is 0 Å². The zero-order chi connectivity index (χ0) is 15.6. The molecule has 0 saturated heterocycles. The topological polar surface area (TPSA) is 96.4 Å². The SMILES string of the molecule is Cc1nc(NS(=O)(=O)Cc2ccccc2I)c(C(=O)O)s1. The molecule has 21 heavy (non-hydrogen) atoms. The number of aryl methyl sites for hydroxylation is 1. The number of anilines is 1. The van der Waals surface area contributed by atoms with Gasteiger partial charge in [0.1, 0.15) is 0 Å². The molecule has 0 spiro atoms. The number of carboxylic acids is 1. The highest BCUT2D eigenvalue weighted by atomic mass is 127. The highest BCUT2D eigenvalue weighted by Gasteiger charge is 2.21. The minimum absolute atomic E-state index is 0.112. The average Bonchev–Trinajstić information content (AvgIpc) is 2.72. The summed E-state index contributed by atoms with van der Waals surface area (Å²) in [5, 5.41) is 9.53. The molecule has 0 aliphatic rings. The van der Waals surface area contributed by atoms with Crippen LogP contribution in [0.4, 0.5) is 5.82 Å². The Bertz CT molecular complexity index is 786. The predicted octanol–water partition coefficient (Wildman–Crippen LogP) is 2.70. The average molecular weight is 438 g/mol. The van der Waals surface area contributed by atoms with Gasteiger partial charge in [0.25, 0.3) is 0 Å². The van der Waals surface area contributed by atoms with Crippen LogP contribution in [0.5, 0.6) is 0 Å². The van der Waals surface area contributed by atoms with Crippen LogP contribution in [0.25, 0.3) is 0 Å². The number of thiazole rings is 1. The van der Waals surface area contributed by atoms with Gasteiger partial charge in [0, 0.05) is 3.57 Å². The lowest BCUT2D eigenvalue weighted by atomic mass is 10.2. The molecule has 0 amide bonds. The molecular formula is C12H11IN2O4S2. The Labute approximate surface area is 139 Å². The van der Waals surface area contributed by atoms with Crippen LogP contribution in [0.15, 0.2) is 24.3 Å². The molecule has 1 aromatic carbocycles. The largest absolute Gasteiger partial charge is 0.477 e. The lowest BCUT2D eigenvalue weighted by Gasteiger charge is -2.08. The van der Waals surface area contributed by atoms with Crippen molar-refractivity contribution in [1.82, 2.24) is 4.98 Å². The van der Waals surface area contributed by atoms with E-state index in [1.165, 1.54) is 0 Å². The number of nitrogens with zero attached hydrogens (tertiary/aromatic N) is 1. The molecule has 9 heteroatoms. The molecule has 1 heterocycles. The van der Waals surface area contributed by atoms with Gasteiger partial charge in [-0.1, -0.05) is 18.2 Å². The zero-order valence-corrected chi connectivity index (χ0v) is 14.6. The van der Waals surface area contributed by atoms with Crippen molar-refractivity contribution in [2.75, 3.05) is 4.72 Å². The number of carboxylic acid groups (broad SMARTS) is 1. The van der Waals surface area contributed by atoms with Crippen LogP contribution in [-0.2, 0) is 15.8 Å². The standard InChI is InChI=1S/C12H11IN2O4S2/c1-7-14-11(10(20-7)12(16)17)15-21(18,19)6-8-4-2-3-5-9(8)13/h2-5,15H,6H2,1H3,(H,16,17). The number of carbonyl (C=O) groups is 1. The van der Waals surface area contributed by atoms with E-state index in [0.717, 1.165) is 14.9 Å². The van der Waals surface area contributed by atoms with Crippen molar-refractivity contribution in [3.05, 3.63) is 43.3 Å². The Morgan fingerprint density at radius 1 is 1.43 bits per heavy atom. The van der Waals surface area contributed by atoms with E-state index in [1.54, 1.807) is 25.1 Å². The second-order valence-corrected chi connectivity index (χ2v) is 8.26. The number of rotatable bonds is 5. The first-order chi connectivity index (χ1) is 9.78. The minimum Gasteiger partial charge on any atom is -0.477 e. The summed E-state index contributed by atoms with van der Waals surface area (Å²) in [6, 6.07) is 7.09. The van der Waals surface area contributed by atoms with Gasteiger partial charge in [0.05, 0.1) is 10.8 Å². The molecule has 0 aliphatic heterocycles. The van der Waals surface area contributed by atoms with Crippen molar-refractivity contribution in [3.63, 3.8) is 0 Å². The van der Waals surface area contributed by atoms with E-state index in [1.807, 2.05) is 6.07 Å². The third-order valence-corrected chi connectivity index (χ3v) is 5.69. The summed E-state index contributed by atoms with van der Waals surface area (Å²) in [5.41, 5.74) is 0.648. The molecule has 0 aliphatic carbocycles. The van der Waals surface area contributed by atoms with Crippen LogP contribution in [-0.4, -0.2) is 24.5 Å². The Kier molecular flexibility index (Phi) is 4.84. The van der Waals surface area contributed by atoms with E-state index in [4.69, 9.17) is 5.11 Å². The van der Waals surface area contributed by atoms with Gasteiger partial charge in [-0.25, -0.2) is 18.2 Å². The fraction of sp³-hybridized carbons (Fsp3) is 0.167. The molecule has 1 aromatic heterocycles. The van der Waals surface area contributed by atoms with Crippen molar-refractivity contribution in [1.29, 1.82) is 0 Å². The van der Waals surface area contributed by atoms with E-state index in [9.17, 15) is 13.2 Å². The van der Waals surface area contributed by atoms with Gasteiger partial charge in [-0.15, -0.1) is 11.3 Å². The maximum absolute atomic E-state index is 12.2. The molecule has 6 nitrogen and oxygen atoms in total. The summed E-state index contributed by atoms with van der Waals surface area (Å²) in [6.07, 6.45) is 0. The number of hydrogen-bond donors (Lipinski definition) is 2. The lowest BCUT2D eigenvalue weighted by molar-refractivity contribution is 0.0703. The van der Waals surface area contributed by atoms with Gasteiger partial charge in [-0.05, 0) is 41.1 Å². The van der Waals surface area contributed by atoms with E-state index >= 15 is 0 Å². The van der Waals surface area contributed by atoms with Crippen molar-refractivity contribution >= 4 is 55.7 Å². The van der Waals surface area contributed by atoms with E-state index in [2.05, 4.69) is 32.3 Å². The Morgan fingerprint density at radius 3 is 2.71 bits per heavy atom. The van der Waals surface area contributed by atoms with Crippen LogP contribution >= 0.6 is 33.9 Å². The van der Waals surface area contributed by atoms with Crippen LogP contribution in [0.1, 0.15) is 20.2 Å². The Balaban J connectivity index is 2.26. The van der Waals surface area contributed by atoms with Crippen LogP contribution < -0.4 is 4.72 Å². The highest BCUT2D eigenvalue weighted by Crippen LogP contribution is 2.24. The van der Waals surface area contributed by atoms with Crippen LogP contribution in [0.2, 0.25) is 0 Å². The normalized spacial score (nSPS) is 11.3. The first kappa shape index (κ1) is 16.2. The molecule has 2 N–H and O–H groups in total. The first-order valence-electron chi connectivity index (χ1n) is 5.73. The molecule has 0 radical (unpaired) electrons. The smallest absolute Gasteiger partial charge is 0.349 e. The molecule has 112 valence electrons. The van der Waals surface area contributed by atoms with Gasteiger partial charge in [-0.3, -0.25) is 4.72 Å². The molecule has 2 aromatic rings. The van der Waals surface area contributed by atoms with E-state index in [0.29, 0.717) is 10.6 Å². The third kappa shape index (κ3) is 4.14.